The first-order valence-electron chi connectivity index (χ1n) is 10.1. The lowest BCUT2D eigenvalue weighted by Crippen LogP contribution is -2.52. The van der Waals surface area contributed by atoms with Gasteiger partial charge in [-0.05, 0) is 38.4 Å². The van der Waals surface area contributed by atoms with E-state index in [1.807, 2.05) is 42.3 Å². The van der Waals surface area contributed by atoms with Gasteiger partial charge < -0.3 is 19.3 Å². The SMILES string of the molecule is CC(=O)Oc1ccc2ccccc2c1OCC(=O)N(C)C1CCCCC1N(C)C. The van der Waals surface area contributed by atoms with Gasteiger partial charge in [-0.1, -0.05) is 43.2 Å². The highest BCUT2D eigenvalue weighted by Crippen LogP contribution is 2.36. The lowest BCUT2D eigenvalue weighted by molar-refractivity contribution is -0.136. The van der Waals surface area contributed by atoms with Crippen LogP contribution in [0.3, 0.4) is 0 Å². The molecule has 0 saturated heterocycles. The van der Waals surface area contributed by atoms with Crippen LogP contribution in [0.2, 0.25) is 0 Å². The zero-order valence-corrected chi connectivity index (χ0v) is 17.7. The first-order valence-corrected chi connectivity index (χ1v) is 10.1. The minimum absolute atomic E-state index is 0.0783. The Kier molecular flexibility index (Phi) is 6.75. The molecule has 29 heavy (non-hydrogen) atoms. The Bertz CT molecular complexity index is 880. The number of ether oxygens (including phenoxy) is 2. The van der Waals surface area contributed by atoms with E-state index >= 15 is 0 Å². The van der Waals surface area contributed by atoms with Crippen molar-refractivity contribution in [1.82, 2.24) is 9.80 Å². The largest absolute Gasteiger partial charge is 0.479 e. The topological polar surface area (TPSA) is 59.1 Å². The van der Waals surface area contributed by atoms with Crippen LogP contribution in [-0.2, 0) is 9.59 Å². The van der Waals surface area contributed by atoms with E-state index in [1.54, 1.807) is 6.07 Å². The van der Waals surface area contributed by atoms with Crippen LogP contribution in [-0.4, -0.2) is 61.5 Å². The molecule has 0 N–H and O–H groups in total. The number of benzene rings is 2. The van der Waals surface area contributed by atoms with Crippen molar-refractivity contribution in [2.45, 2.75) is 44.7 Å². The van der Waals surface area contributed by atoms with Gasteiger partial charge in [0, 0.05) is 31.4 Å². The number of esters is 1. The van der Waals surface area contributed by atoms with Crippen molar-refractivity contribution in [2.75, 3.05) is 27.7 Å². The minimum atomic E-state index is -0.426. The third-order valence-corrected chi connectivity index (χ3v) is 5.69. The standard InChI is InChI=1S/C23H30N2O4/c1-16(26)29-21-14-13-17-9-5-6-10-18(17)23(21)28-15-22(27)25(4)20-12-8-7-11-19(20)24(2)3/h5-6,9-10,13-14,19-20H,7-8,11-12,15H2,1-4H3. The molecule has 2 aromatic rings. The number of likely N-dealkylation sites (N-methyl/N-ethyl adjacent to an activating group) is 2. The van der Waals surface area contributed by atoms with E-state index in [1.165, 1.54) is 13.3 Å². The summed E-state index contributed by atoms with van der Waals surface area (Å²) < 4.78 is 11.3. The molecule has 2 aromatic carbocycles. The lowest BCUT2D eigenvalue weighted by Gasteiger charge is -2.41. The van der Waals surface area contributed by atoms with Crippen molar-refractivity contribution in [3.05, 3.63) is 36.4 Å². The number of fused-ring (bicyclic) bond motifs is 1. The maximum Gasteiger partial charge on any atom is 0.308 e. The predicted molar refractivity (Wildman–Crippen MR) is 113 cm³/mol. The zero-order chi connectivity index (χ0) is 21.0. The first kappa shape index (κ1) is 21.1. The van der Waals surface area contributed by atoms with Crippen LogP contribution in [0.1, 0.15) is 32.6 Å². The third-order valence-electron chi connectivity index (χ3n) is 5.69. The fourth-order valence-corrected chi connectivity index (χ4v) is 4.17. The van der Waals surface area contributed by atoms with Crippen molar-refractivity contribution in [3.63, 3.8) is 0 Å². The second-order valence-electron chi connectivity index (χ2n) is 7.88. The van der Waals surface area contributed by atoms with Crippen LogP contribution in [0.5, 0.6) is 11.5 Å². The summed E-state index contributed by atoms with van der Waals surface area (Å²) >= 11 is 0. The summed E-state index contributed by atoms with van der Waals surface area (Å²) in [6.45, 7) is 1.25. The average Bonchev–Trinajstić information content (AvgIpc) is 2.71. The molecular weight excluding hydrogens is 368 g/mol. The molecule has 1 aliphatic rings. The van der Waals surface area contributed by atoms with Crippen LogP contribution in [0, 0.1) is 0 Å². The monoisotopic (exact) mass is 398 g/mol. The van der Waals surface area contributed by atoms with Crippen molar-refractivity contribution < 1.29 is 19.1 Å². The Morgan fingerprint density at radius 2 is 1.69 bits per heavy atom. The highest BCUT2D eigenvalue weighted by atomic mass is 16.6. The number of rotatable bonds is 6. The Labute approximate surface area is 172 Å². The third kappa shape index (κ3) is 4.88. The van der Waals surface area contributed by atoms with Gasteiger partial charge in [0.25, 0.3) is 5.91 Å². The normalized spacial score (nSPS) is 19.2. The quantitative estimate of drug-likeness (QED) is 0.551. The maximum absolute atomic E-state index is 12.9. The number of hydrogen-bond donors (Lipinski definition) is 0. The number of nitrogens with zero attached hydrogens (tertiary/aromatic N) is 2. The molecule has 2 unspecified atom stereocenters. The average molecular weight is 399 g/mol. The second-order valence-corrected chi connectivity index (χ2v) is 7.88. The molecule has 156 valence electrons. The van der Waals surface area contributed by atoms with Gasteiger partial charge in [0.15, 0.2) is 18.1 Å². The molecule has 1 aliphatic carbocycles. The van der Waals surface area contributed by atoms with E-state index in [9.17, 15) is 9.59 Å². The lowest BCUT2D eigenvalue weighted by atomic mass is 9.88. The Morgan fingerprint density at radius 1 is 1.00 bits per heavy atom. The molecule has 1 amide bonds. The number of carbonyl (C=O) groups excluding carboxylic acids is 2. The van der Waals surface area contributed by atoms with Crippen LogP contribution < -0.4 is 9.47 Å². The maximum atomic E-state index is 12.9. The second kappa shape index (κ2) is 9.27. The van der Waals surface area contributed by atoms with E-state index in [0.717, 1.165) is 30.0 Å². The predicted octanol–water partition coefficient (Wildman–Crippen LogP) is 3.48. The van der Waals surface area contributed by atoms with E-state index in [2.05, 4.69) is 19.0 Å². The van der Waals surface area contributed by atoms with Gasteiger partial charge in [-0.2, -0.15) is 0 Å². The highest BCUT2D eigenvalue weighted by Gasteiger charge is 2.32. The molecule has 2 atom stereocenters. The molecule has 1 fully saturated rings. The number of amides is 1. The zero-order valence-electron chi connectivity index (χ0n) is 17.7. The Morgan fingerprint density at radius 3 is 2.38 bits per heavy atom. The van der Waals surface area contributed by atoms with Crippen LogP contribution in [0.4, 0.5) is 0 Å². The fourth-order valence-electron chi connectivity index (χ4n) is 4.17. The van der Waals surface area contributed by atoms with E-state index in [-0.39, 0.29) is 18.6 Å². The Hall–Kier alpha value is -2.60. The van der Waals surface area contributed by atoms with Gasteiger partial charge in [0.2, 0.25) is 0 Å². The minimum Gasteiger partial charge on any atom is -0.479 e. The van der Waals surface area contributed by atoms with Crippen LogP contribution in [0.15, 0.2) is 36.4 Å². The van der Waals surface area contributed by atoms with E-state index < -0.39 is 5.97 Å². The van der Waals surface area contributed by atoms with Gasteiger partial charge in [0.05, 0.1) is 0 Å². The summed E-state index contributed by atoms with van der Waals surface area (Å²) in [4.78, 5) is 28.5. The van der Waals surface area contributed by atoms with Crippen LogP contribution in [0.25, 0.3) is 10.8 Å². The van der Waals surface area contributed by atoms with Gasteiger partial charge in [-0.3, -0.25) is 9.59 Å². The summed E-state index contributed by atoms with van der Waals surface area (Å²) in [5.74, 6) is 0.249. The van der Waals surface area contributed by atoms with Crippen molar-refractivity contribution in [2.24, 2.45) is 0 Å². The molecule has 6 nitrogen and oxygen atoms in total. The molecule has 6 heteroatoms. The molecule has 1 saturated carbocycles. The number of carbonyl (C=O) groups is 2. The fraction of sp³-hybridized carbons (Fsp3) is 0.478. The van der Waals surface area contributed by atoms with Gasteiger partial charge >= 0.3 is 5.97 Å². The molecule has 0 radical (unpaired) electrons. The first-order chi connectivity index (χ1) is 13.9. The molecule has 0 aromatic heterocycles. The van der Waals surface area contributed by atoms with Gasteiger partial charge in [-0.25, -0.2) is 0 Å². The summed E-state index contributed by atoms with van der Waals surface area (Å²) in [6.07, 6.45) is 4.42. The van der Waals surface area contributed by atoms with Gasteiger partial charge in [-0.15, -0.1) is 0 Å². The Balaban J connectivity index is 1.78. The smallest absolute Gasteiger partial charge is 0.308 e. The molecule has 3 rings (SSSR count). The van der Waals surface area contributed by atoms with Crippen molar-refractivity contribution in [1.29, 1.82) is 0 Å². The summed E-state index contributed by atoms with van der Waals surface area (Å²) in [5, 5.41) is 1.77. The molecule has 0 spiro atoms. The summed E-state index contributed by atoms with van der Waals surface area (Å²) in [6, 6.07) is 11.8. The van der Waals surface area contributed by atoms with Crippen molar-refractivity contribution in [3.8, 4) is 11.5 Å². The molecule has 0 heterocycles. The molecular formula is C23H30N2O4. The summed E-state index contributed by atoms with van der Waals surface area (Å²) in [5.41, 5.74) is 0. The van der Waals surface area contributed by atoms with Crippen LogP contribution >= 0.6 is 0 Å². The highest BCUT2D eigenvalue weighted by molar-refractivity contribution is 5.92. The molecule has 0 aliphatic heterocycles. The molecule has 0 bridgehead atoms. The number of hydrogen-bond acceptors (Lipinski definition) is 5. The van der Waals surface area contributed by atoms with E-state index in [4.69, 9.17) is 9.47 Å². The van der Waals surface area contributed by atoms with Crippen molar-refractivity contribution >= 4 is 22.6 Å². The van der Waals surface area contributed by atoms with Gasteiger partial charge in [0.1, 0.15) is 0 Å². The van der Waals surface area contributed by atoms with E-state index in [0.29, 0.717) is 17.5 Å². The summed E-state index contributed by atoms with van der Waals surface area (Å²) in [7, 11) is 5.99.